The predicted octanol–water partition coefficient (Wildman–Crippen LogP) is 2.63. The zero-order valence-electron chi connectivity index (χ0n) is 10.6. The Bertz CT molecular complexity index is 653. The van der Waals surface area contributed by atoms with Crippen molar-refractivity contribution in [3.8, 4) is 5.75 Å². The minimum atomic E-state index is -0.517. The second-order valence-electron chi connectivity index (χ2n) is 4.23. The smallest absolute Gasteiger partial charge is 0.324 e. The molecule has 0 saturated heterocycles. The molecule has 1 N–H and O–H groups in total. The first-order chi connectivity index (χ1) is 9.47. The Morgan fingerprint density at radius 1 is 1.40 bits per heavy atom. The summed E-state index contributed by atoms with van der Waals surface area (Å²) in [4.78, 5) is 24.0. The number of hydrogen-bond acceptors (Lipinski definition) is 5. The fourth-order valence-corrected chi connectivity index (χ4v) is 2.54. The van der Waals surface area contributed by atoms with Crippen LogP contribution in [0.15, 0.2) is 36.4 Å². The molecule has 1 heterocycles. The predicted molar refractivity (Wildman–Crippen MR) is 74.9 cm³/mol. The van der Waals surface area contributed by atoms with Crippen LogP contribution in [-0.4, -0.2) is 27.9 Å². The molecule has 2 rings (SSSR count). The van der Waals surface area contributed by atoms with Crippen LogP contribution in [0.25, 0.3) is 0 Å². The number of carbonyl (C=O) groups excluding carboxylic acids is 1. The van der Waals surface area contributed by atoms with Crippen LogP contribution < -0.4 is 0 Å². The summed E-state index contributed by atoms with van der Waals surface area (Å²) in [6, 6.07) is 9.37. The number of aromatic hydroxyl groups is 1. The molecule has 0 saturated carbocycles. The lowest BCUT2D eigenvalue weighted by molar-refractivity contribution is -0.380. The van der Waals surface area contributed by atoms with Crippen molar-refractivity contribution in [2.75, 3.05) is 7.05 Å². The highest BCUT2D eigenvalue weighted by Gasteiger charge is 2.18. The van der Waals surface area contributed by atoms with Gasteiger partial charge in [-0.2, -0.15) is 0 Å². The van der Waals surface area contributed by atoms with E-state index in [1.54, 1.807) is 31.3 Å². The lowest BCUT2D eigenvalue weighted by Crippen LogP contribution is -2.25. The molecule has 0 spiro atoms. The van der Waals surface area contributed by atoms with Crippen molar-refractivity contribution in [2.24, 2.45) is 0 Å². The molecule has 7 heteroatoms. The number of phenols is 1. The van der Waals surface area contributed by atoms with E-state index < -0.39 is 4.92 Å². The molecule has 1 amide bonds. The van der Waals surface area contributed by atoms with Crippen LogP contribution >= 0.6 is 11.3 Å². The van der Waals surface area contributed by atoms with Crippen LogP contribution in [0.2, 0.25) is 0 Å². The third-order valence-corrected chi connectivity index (χ3v) is 3.68. The maximum absolute atomic E-state index is 12.1. The third-order valence-electron chi connectivity index (χ3n) is 2.66. The van der Waals surface area contributed by atoms with Gasteiger partial charge in [0.05, 0.1) is 9.80 Å². The van der Waals surface area contributed by atoms with Crippen LogP contribution in [0.5, 0.6) is 5.75 Å². The first kappa shape index (κ1) is 14.0. The second kappa shape index (κ2) is 5.70. The van der Waals surface area contributed by atoms with Crippen LogP contribution in [0.4, 0.5) is 5.00 Å². The Hall–Kier alpha value is -2.41. The van der Waals surface area contributed by atoms with E-state index >= 15 is 0 Å². The Balaban J connectivity index is 2.10. The summed E-state index contributed by atoms with van der Waals surface area (Å²) in [5.41, 5.74) is 0.784. The molecule has 0 aliphatic rings. The number of phenolic OH excluding ortho intramolecular Hbond substituents is 1. The van der Waals surface area contributed by atoms with Gasteiger partial charge in [-0.3, -0.25) is 14.9 Å². The Morgan fingerprint density at radius 2 is 2.15 bits per heavy atom. The maximum Gasteiger partial charge on any atom is 0.324 e. The van der Waals surface area contributed by atoms with Crippen molar-refractivity contribution in [2.45, 2.75) is 6.54 Å². The van der Waals surface area contributed by atoms with Crippen LogP contribution in [0, 0.1) is 10.1 Å². The molecule has 6 nitrogen and oxygen atoms in total. The highest BCUT2D eigenvalue weighted by molar-refractivity contribution is 7.17. The summed E-state index contributed by atoms with van der Waals surface area (Å²) >= 11 is 0.851. The molecule has 0 unspecified atom stereocenters. The molecule has 0 radical (unpaired) electrons. The lowest BCUT2D eigenvalue weighted by Gasteiger charge is -2.16. The lowest BCUT2D eigenvalue weighted by atomic mass is 10.2. The number of carbonyl (C=O) groups is 1. The van der Waals surface area contributed by atoms with Crippen molar-refractivity contribution in [1.82, 2.24) is 4.90 Å². The van der Waals surface area contributed by atoms with Crippen molar-refractivity contribution in [3.63, 3.8) is 0 Å². The SMILES string of the molecule is CN(Cc1cccc(O)c1)C(=O)c1ccc([N+](=O)[O-])s1. The van der Waals surface area contributed by atoms with Gasteiger partial charge in [-0.25, -0.2) is 0 Å². The quantitative estimate of drug-likeness (QED) is 0.693. The first-order valence-electron chi connectivity index (χ1n) is 5.75. The van der Waals surface area contributed by atoms with Crippen molar-refractivity contribution in [1.29, 1.82) is 0 Å². The van der Waals surface area contributed by atoms with Gasteiger partial charge in [0.1, 0.15) is 5.75 Å². The number of nitro groups is 1. The summed E-state index contributed by atoms with van der Waals surface area (Å²) in [5, 5.41) is 19.9. The highest BCUT2D eigenvalue weighted by Crippen LogP contribution is 2.25. The molecule has 1 aromatic heterocycles. The molecule has 2 aromatic rings. The molecule has 1 aromatic carbocycles. The van der Waals surface area contributed by atoms with E-state index in [-0.39, 0.29) is 16.7 Å². The fraction of sp³-hybridized carbons (Fsp3) is 0.154. The number of hydrogen-bond donors (Lipinski definition) is 1. The number of nitrogens with zero attached hydrogens (tertiary/aromatic N) is 2. The molecular weight excluding hydrogens is 280 g/mol. The summed E-state index contributed by atoms with van der Waals surface area (Å²) < 4.78 is 0. The van der Waals surface area contributed by atoms with Crippen molar-refractivity contribution >= 4 is 22.2 Å². The van der Waals surface area contributed by atoms with E-state index in [0.717, 1.165) is 16.9 Å². The molecule has 0 aliphatic carbocycles. The summed E-state index contributed by atoms with van der Waals surface area (Å²) in [5.74, 6) is -0.151. The van der Waals surface area contributed by atoms with Crippen LogP contribution in [0.1, 0.15) is 15.2 Å². The van der Waals surface area contributed by atoms with Gasteiger partial charge in [-0.05, 0) is 23.8 Å². The highest BCUT2D eigenvalue weighted by atomic mass is 32.1. The Morgan fingerprint density at radius 3 is 2.75 bits per heavy atom. The largest absolute Gasteiger partial charge is 0.508 e. The normalized spacial score (nSPS) is 10.2. The summed E-state index contributed by atoms with van der Waals surface area (Å²) in [6.07, 6.45) is 0. The Kier molecular flexibility index (Phi) is 3.99. The Labute approximate surface area is 119 Å². The van der Waals surface area contributed by atoms with Gasteiger partial charge in [0.15, 0.2) is 0 Å². The zero-order chi connectivity index (χ0) is 14.7. The van der Waals surface area contributed by atoms with Gasteiger partial charge in [0, 0.05) is 19.7 Å². The number of thiophene rings is 1. The van der Waals surface area contributed by atoms with E-state index in [1.807, 2.05) is 0 Å². The third kappa shape index (κ3) is 3.12. The molecular formula is C13H12N2O4S. The average molecular weight is 292 g/mol. The number of rotatable bonds is 4. The summed E-state index contributed by atoms with van der Waals surface area (Å²) in [7, 11) is 1.61. The molecule has 0 bridgehead atoms. The molecule has 20 heavy (non-hydrogen) atoms. The maximum atomic E-state index is 12.1. The van der Waals surface area contributed by atoms with E-state index in [1.165, 1.54) is 17.0 Å². The zero-order valence-corrected chi connectivity index (χ0v) is 11.5. The van der Waals surface area contributed by atoms with Crippen LogP contribution in [-0.2, 0) is 6.54 Å². The standard InChI is InChI=1S/C13H12N2O4S/c1-14(8-9-3-2-4-10(16)7-9)13(17)11-5-6-12(20-11)15(18)19/h2-7,16H,8H2,1H3. The molecule has 0 atom stereocenters. The van der Waals surface area contributed by atoms with E-state index in [0.29, 0.717) is 11.4 Å². The topological polar surface area (TPSA) is 83.7 Å². The van der Waals surface area contributed by atoms with Gasteiger partial charge < -0.3 is 10.0 Å². The molecule has 0 fully saturated rings. The number of benzene rings is 1. The van der Waals surface area contributed by atoms with Crippen molar-refractivity contribution < 1.29 is 14.8 Å². The van der Waals surface area contributed by atoms with Gasteiger partial charge in [0.2, 0.25) is 0 Å². The van der Waals surface area contributed by atoms with Gasteiger partial charge >= 0.3 is 5.00 Å². The average Bonchev–Trinajstić information content (AvgIpc) is 2.87. The van der Waals surface area contributed by atoms with Gasteiger partial charge in [0.25, 0.3) is 5.91 Å². The minimum absolute atomic E-state index is 0.0564. The second-order valence-corrected chi connectivity index (χ2v) is 5.29. The van der Waals surface area contributed by atoms with E-state index in [4.69, 9.17) is 0 Å². The monoisotopic (exact) mass is 292 g/mol. The van der Waals surface area contributed by atoms with E-state index in [9.17, 15) is 20.0 Å². The van der Waals surface area contributed by atoms with Gasteiger partial charge in [-0.15, -0.1) is 0 Å². The van der Waals surface area contributed by atoms with Crippen LogP contribution in [0.3, 0.4) is 0 Å². The number of amides is 1. The molecule has 104 valence electrons. The summed E-state index contributed by atoms with van der Waals surface area (Å²) in [6.45, 7) is 0.318. The van der Waals surface area contributed by atoms with Crippen molar-refractivity contribution in [3.05, 3.63) is 57.0 Å². The van der Waals surface area contributed by atoms with E-state index in [2.05, 4.69) is 0 Å². The first-order valence-corrected chi connectivity index (χ1v) is 6.56. The van der Waals surface area contributed by atoms with Gasteiger partial charge in [-0.1, -0.05) is 23.5 Å². The fourth-order valence-electron chi connectivity index (χ4n) is 1.73. The minimum Gasteiger partial charge on any atom is -0.508 e. The molecule has 0 aliphatic heterocycles.